The lowest BCUT2D eigenvalue weighted by Gasteiger charge is -2.26. The lowest BCUT2D eigenvalue weighted by Crippen LogP contribution is -2.41. The Morgan fingerprint density at radius 3 is 2.74 bits per heavy atom. The fourth-order valence-corrected chi connectivity index (χ4v) is 1.87. The average molecular weight is 276 g/mol. The molecule has 1 atom stereocenters. The smallest absolute Gasteiger partial charge is 0.0897 e. The van der Waals surface area contributed by atoms with Crippen LogP contribution in [-0.4, -0.2) is 88.5 Å². The Morgan fingerprint density at radius 2 is 2.00 bits per heavy atom. The summed E-state index contributed by atoms with van der Waals surface area (Å²) in [6.07, 6.45) is -0.452. The summed E-state index contributed by atoms with van der Waals surface area (Å²) in [7, 11) is 0. The van der Waals surface area contributed by atoms with Crippen LogP contribution >= 0.6 is 0 Å². The summed E-state index contributed by atoms with van der Waals surface area (Å²) in [6.45, 7) is 10.3. The Labute approximate surface area is 116 Å². The zero-order chi connectivity index (χ0) is 13.8. The second-order valence-corrected chi connectivity index (χ2v) is 4.58. The highest BCUT2D eigenvalue weighted by atomic mass is 16.5. The van der Waals surface area contributed by atoms with E-state index in [4.69, 9.17) is 14.2 Å². The fourth-order valence-electron chi connectivity index (χ4n) is 1.87. The summed E-state index contributed by atoms with van der Waals surface area (Å²) in [5, 5.41) is 12.9. The molecule has 0 radical (unpaired) electrons. The molecule has 1 fully saturated rings. The number of rotatable bonds is 11. The quantitative estimate of drug-likeness (QED) is 0.488. The van der Waals surface area contributed by atoms with Crippen LogP contribution in [0.3, 0.4) is 0 Å². The molecule has 0 spiro atoms. The minimum absolute atomic E-state index is 0.359. The molecule has 0 aromatic rings. The van der Waals surface area contributed by atoms with Gasteiger partial charge < -0.3 is 24.6 Å². The minimum Gasteiger partial charge on any atom is -0.389 e. The zero-order valence-electron chi connectivity index (χ0n) is 12.0. The summed E-state index contributed by atoms with van der Waals surface area (Å²) in [5.74, 6) is 0. The van der Waals surface area contributed by atoms with Crippen molar-refractivity contribution in [1.29, 1.82) is 0 Å². The van der Waals surface area contributed by atoms with Crippen LogP contribution in [0, 0.1) is 0 Å². The number of nitrogens with zero attached hydrogens (tertiary/aromatic N) is 1. The topological polar surface area (TPSA) is 63.2 Å². The van der Waals surface area contributed by atoms with Crippen LogP contribution in [0.2, 0.25) is 0 Å². The van der Waals surface area contributed by atoms with E-state index in [1.165, 1.54) is 0 Å². The van der Waals surface area contributed by atoms with Crippen LogP contribution in [0.5, 0.6) is 0 Å². The van der Waals surface area contributed by atoms with Gasteiger partial charge in [-0.25, -0.2) is 0 Å². The molecule has 1 rings (SSSR count). The molecule has 0 bridgehead atoms. The number of aliphatic hydroxyl groups is 1. The Balaban J connectivity index is 1.85. The van der Waals surface area contributed by atoms with Gasteiger partial charge in [-0.1, -0.05) is 0 Å². The minimum atomic E-state index is -0.452. The van der Waals surface area contributed by atoms with Gasteiger partial charge >= 0.3 is 0 Å². The van der Waals surface area contributed by atoms with Gasteiger partial charge in [-0.2, -0.15) is 0 Å². The molecule has 1 aliphatic heterocycles. The Morgan fingerprint density at radius 1 is 1.26 bits per heavy atom. The summed E-state index contributed by atoms with van der Waals surface area (Å²) in [5.41, 5.74) is 0. The van der Waals surface area contributed by atoms with E-state index in [0.29, 0.717) is 33.0 Å². The normalized spacial score (nSPS) is 18.6. The van der Waals surface area contributed by atoms with Crippen LogP contribution < -0.4 is 5.32 Å². The molecule has 19 heavy (non-hydrogen) atoms. The second kappa shape index (κ2) is 11.6. The number of morpholine rings is 1. The number of nitrogens with one attached hydrogen (secondary N) is 1. The largest absolute Gasteiger partial charge is 0.389 e. The van der Waals surface area contributed by atoms with E-state index in [2.05, 4.69) is 10.2 Å². The molecule has 6 nitrogen and oxygen atoms in total. The van der Waals surface area contributed by atoms with Gasteiger partial charge in [-0.3, -0.25) is 4.90 Å². The van der Waals surface area contributed by atoms with Gasteiger partial charge in [0.05, 0.1) is 39.1 Å². The number of ether oxygens (including phenoxy) is 3. The Hall–Kier alpha value is -0.240. The Bertz CT molecular complexity index is 201. The molecule has 0 amide bonds. The molecule has 6 heteroatoms. The zero-order valence-corrected chi connectivity index (χ0v) is 12.0. The van der Waals surface area contributed by atoms with E-state index in [0.717, 1.165) is 39.4 Å². The maximum atomic E-state index is 9.68. The third kappa shape index (κ3) is 9.32. The lowest BCUT2D eigenvalue weighted by molar-refractivity contribution is 0.00583. The van der Waals surface area contributed by atoms with Crippen molar-refractivity contribution < 1.29 is 19.3 Å². The maximum Gasteiger partial charge on any atom is 0.0897 e. The monoisotopic (exact) mass is 276 g/mol. The summed E-state index contributed by atoms with van der Waals surface area (Å²) in [4.78, 5) is 2.36. The molecule has 2 N–H and O–H groups in total. The van der Waals surface area contributed by atoms with Crippen molar-refractivity contribution in [3.8, 4) is 0 Å². The highest BCUT2D eigenvalue weighted by Crippen LogP contribution is 1.94. The number of aliphatic hydroxyl groups excluding tert-OH is 1. The van der Waals surface area contributed by atoms with Crippen LogP contribution in [0.15, 0.2) is 0 Å². The van der Waals surface area contributed by atoms with E-state index in [1.807, 2.05) is 6.92 Å². The van der Waals surface area contributed by atoms with Gasteiger partial charge in [0.2, 0.25) is 0 Å². The van der Waals surface area contributed by atoms with Crippen molar-refractivity contribution in [3.63, 3.8) is 0 Å². The van der Waals surface area contributed by atoms with Gasteiger partial charge in [-0.15, -0.1) is 0 Å². The van der Waals surface area contributed by atoms with Crippen molar-refractivity contribution >= 4 is 0 Å². The van der Waals surface area contributed by atoms with Crippen LogP contribution in [-0.2, 0) is 14.2 Å². The van der Waals surface area contributed by atoms with Gasteiger partial charge in [0.15, 0.2) is 0 Å². The average Bonchev–Trinajstić information content (AvgIpc) is 2.44. The summed E-state index contributed by atoms with van der Waals surface area (Å²) < 4.78 is 15.7. The molecule has 114 valence electrons. The highest BCUT2D eigenvalue weighted by Gasteiger charge is 2.09. The van der Waals surface area contributed by atoms with Crippen molar-refractivity contribution in [1.82, 2.24) is 10.2 Å². The van der Waals surface area contributed by atoms with E-state index < -0.39 is 6.10 Å². The third-order valence-corrected chi connectivity index (χ3v) is 2.97. The first-order chi connectivity index (χ1) is 9.33. The molecule has 1 heterocycles. The van der Waals surface area contributed by atoms with Crippen molar-refractivity contribution in [2.24, 2.45) is 0 Å². The van der Waals surface area contributed by atoms with Crippen LogP contribution in [0.25, 0.3) is 0 Å². The van der Waals surface area contributed by atoms with E-state index >= 15 is 0 Å². The molecule has 0 aromatic heterocycles. The first-order valence-electron chi connectivity index (χ1n) is 7.17. The first kappa shape index (κ1) is 16.8. The molecule has 0 saturated carbocycles. The molecular formula is C13H28N2O4. The SMILES string of the molecule is CCOCCOCC(O)CNCCN1CCOCC1. The van der Waals surface area contributed by atoms with Gasteiger partial charge in [-0.05, 0) is 6.92 Å². The molecule has 0 aliphatic carbocycles. The summed E-state index contributed by atoms with van der Waals surface area (Å²) >= 11 is 0. The van der Waals surface area contributed by atoms with E-state index in [9.17, 15) is 5.11 Å². The molecule has 1 saturated heterocycles. The Kier molecular flexibility index (Phi) is 10.2. The number of hydrogen-bond donors (Lipinski definition) is 2. The predicted octanol–water partition coefficient (Wildman–Crippen LogP) is -0.678. The van der Waals surface area contributed by atoms with Gasteiger partial charge in [0.1, 0.15) is 0 Å². The maximum absolute atomic E-state index is 9.68. The number of hydrogen-bond acceptors (Lipinski definition) is 6. The highest BCUT2D eigenvalue weighted by molar-refractivity contribution is 4.65. The molecule has 1 aliphatic rings. The van der Waals surface area contributed by atoms with Crippen LogP contribution in [0.1, 0.15) is 6.92 Å². The predicted molar refractivity (Wildman–Crippen MR) is 73.4 cm³/mol. The van der Waals surface area contributed by atoms with E-state index in [-0.39, 0.29) is 0 Å². The van der Waals surface area contributed by atoms with Crippen molar-refractivity contribution in [2.45, 2.75) is 13.0 Å². The van der Waals surface area contributed by atoms with Crippen LogP contribution in [0.4, 0.5) is 0 Å². The second-order valence-electron chi connectivity index (χ2n) is 4.58. The fraction of sp³-hybridized carbons (Fsp3) is 1.00. The standard InChI is InChI=1S/C13H28N2O4/c1-2-17-9-10-19-12-13(16)11-14-3-4-15-5-7-18-8-6-15/h13-14,16H,2-12H2,1H3. The van der Waals surface area contributed by atoms with Crippen molar-refractivity contribution in [3.05, 3.63) is 0 Å². The van der Waals surface area contributed by atoms with Crippen molar-refractivity contribution in [2.75, 3.05) is 72.4 Å². The van der Waals surface area contributed by atoms with E-state index in [1.54, 1.807) is 0 Å². The first-order valence-corrected chi connectivity index (χ1v) is 7.17. The van der Waals surface area contributed by atoms with Gasteiger partial charge in [0.25, 0.3) is 0 Å². The molecular weight excluding hydrogens is 248 g/mol. The molecule has 0 aromatic carbocycles. The van der Waals surface area contributed by atoms with Gasteiger partial charge in [0, 0.05) is 39.3 Å². The third-order valence-electron chi connectivity index (χ3n) is 2.97. The molecule has 1 unspecified atom stereocenters. The lowest BCUT2D eigenvalue weighted by atomic mass is 10.3. The summed E-state index contributed by atoms with van der Waals surface area (Å²) in [6, 6.07) is 0.